The van der Waals surface area contributed by atoms with Gasteiger partial charge in [0.2, 0.25) is 0 Å². The van der Waals surface area contributed by atoms with Gasteiger partial charge in [0, 0.05) is 0 Å². The lowest BCUT2D eigenvalue weighted by atomic mass is 10.1. The molecule has 0 unspecified atom stereocenters. The smallest absolute Gasteiger partial charge is 0.111 e. The summed E-state index contributed by atoms with van der Waals surface area (Å²) in [6.45, 7) is 4.82. The van der Waals surface area contributed by atoms with Crippen LogP contribution in [0.1, 0.15) is 22.3 Å². The molecule has 0 heterocycles. The first-order valence-corrected chi connectivity index (χ1v) is 6.27. The molecule has 2 rings (SSSR count). The summed E-state index contributed by atoms with van der Waals surface area (Å²) in [5.74, 6) is 0. The van der Waals surface area contributed by atoms with E-state index in [4.69, 9.17) is 14.8 Å². The van der Waals surface area contributed by atoms with Crippen molar-refractivity contribution in [1.82, 2.24) is 0 Å². The molecule has 3 heteroatoms. The lowest BCUT2D eigenvalue weighted by molar-refractivity contribution is -0.523. The summed E-state index contributed by atoms with van der Waals surface area (Å²) < 4.78 is 0. The van der Waals surface area contributed by atoms with E-state index in [1.807, 2.05) is 62.4 Å². The van der Waals surface area contributed by atoms with E-state index in [1.165, 1.54) is 11.1 Å². The van der Waals surface area contributed by atoms with E-state index in [2.05, 4.69) is 0 Å². The number of aryl methyl sites for hydroxylation is 2. The Morgan fingerprint density at radius 3 is 1.53 bits per heavy atom. The van der Waals surface area contributed by atoms with Crippen LogP contribution in [0.4, 0.5) is 0 Å². The molecule has 2 aromatic carbocycles. The third kappa shape index (κ3) is 4.17. The summed E-state index contributed by atoms with van der Waals surface area (Å²) in [5.41, 5.74) is 4.51. The molecular formula is C16H18O3. The van der Waals surface area contributed by atoms with Crippen LogP contribution in [0.5, 0.6) is 0 Å². The third-order valence-corrected chi connectivity index (χ3v) is 3.05. The summed E-state index contributed by atoms with van der Waals surface area (Å²) in [7, 11) is 0. The Labute approximate surface area is 113 Å². The maximum Gasteiger partial charge on any atom is 0.111 e. The molecule has 0 N–H and O–H groups in total. The van der Waals surface area contributed by atoms with Gasteiger partial charge < -0.3 is 0 Å². The van der Waals surface area contributed by atoms with Gasteiger partial charge in [0.15, 0.2) is 0 Å². The average molecular weight is 258 g/mol. The normalized spacial score (nSPS) is 10.6. The Morgan fingerprint density at radius 1 is 0.684 bits per heavy atom. The van der Waals surface area contributed by atoms with Crippen molar-refractivity contribution in [2.75, 3.05) is 0 Å². The molecule has 0 radical (unpaired) electrons. The second kappa shape index (κ2) is 7.04. The molecule has 0 aliphatic carbocycles. The molecule has 0 saturated heterocycles. The highest BCUT2D eigenvalue weighted by Crippen LogP contribution is 2.10. The third-order valence-electron chi connectivity index (χ3n) is 3.05. The zero-order chi connectivity index (χ0) is 13.5. The predicted molar refractivity (Wildman–Crippen MR) is 73.0 cm³/mol. The van der Waals surface area contributed by atoms with Crippen molar-refractivity contribution < 1.29 is 14.8 Å². The molecule has 0 aliphatic rings. The fourth-order valence-corrected chi connectivity index (χ4v) is 1.75. The summed E-state index contributed by atoms with van der Waals surface area (Å²) in [6.07, 6.45) is 0. The molecule has 0 aliphatic heterocycles. The van der Waals surface area contributed by atoms with Crippen molar-refractivity contribution >= 4 is 0 Å². The van der Waals surface area contributed by atoms with E-state index in [-0.39, 0.29) is 0 Å². The monoisotopic (exact) mass is 258 g/mol. The maximum atomic E-state index is 5.04. The minimum Gasteiger partial charge on any atom is -0.201 e. The van der Waals surface area contributed by atoms with Crippen LogP contribution in [-0.2, 0) is 28.0 Å². The standard InChI is InChI=1S/C16H18O3/c1-13-7-3-5-9-15(13)11-17-19-18-12-16-10-6-4-8-14(16)2/h3-10H,11-12H2,1-2H3. The summed E-state index contributed by atoms with van der Waals surface area (Å²) in [5, 5.41) is 4.75. The van der Waals surface area contributed by atoms with Crippen LogP contribution >= 0.6 is 0 Å². The number of benzene rings is 2. The van der Waals surface area contributed by atoms with Crippen LogP contribution in [0.3, 0.4) is 0 Å². The summed E-state index contributed by atoms with van der Waals surface area (Å²) in [4.78, 5) is 10.1. The molecular weight excluding hydrogens is 240 g/mol. The highest BCUT2D eigenvalue weighted by molar-refractivity contribution is 5.25. The Balaban J connectivity index is 1.71. The lowest BCUT2D eigenvalue weighted by Crippen LogP contribution is -2.00. The van der Waals surface area contributed by atoms with Crippen molar-refractivity contribution in [2.45, 2.75) is 27.1 Å². The van der Waals surface area contributed by atoms with Crippen molar-refractivity contribution in [1.29, 1.82) is 0 Å². The van der Waals surface area contributed by atoms with Gasteiger partial charge in [-0.25, -0.2) is 9.78 Å². The van der Waals surface area contributed by atoms with Gasteiger partial charge in [-0.2, -0.15) is 0 Å². The molecule has 0 amide bonds. The maximum absolute atomic E-state index is 5.04. The molecule has 0 fully saturated rings. The first kappa shape index (κ1) is 13.7. The first-order chi connectivity index (χ1) is 9.27. The van der Waals surface area contributed by atoms with Crippen LogP contribution in [0, 0.1) is 13.8 Å². The molecule has 0 bridgehead atoms. The van der Waals surface area contributed by atoms with E-state index in [1.54, 1.807) is 0 Å². The van der Waals surface area contributed by atoms with Gasteiger partial charge >= 0.3 is 0 Å². The molecule has 0 spiro atoms. The second-order valence-corrected chi connectivity index (χ2v) is 4.45. The molecule has 3 nitrogen and oxygen atoms in total. The Bertz CT molecular complexity index is 475. The van der Waals surface area contributed by atoms with Gasteiger partial charge in [-0.15, -0.1) is 0 Å². The largest absolute Gasteiger partial charge is 0.201 e. The van der Waals surface area contributed by atoms with Gasteiger partial charge in [0.1, 0.15) is 13.2 Å². The minimum absolute atomic E-state index is 0.375. The van der Waals surface area contributed by atoms with E-state index in [0.717, 1.165) is 11.1 Å². The molecule has 100 valence electrons. The van der Waals surface area contributed by atoms with Crippen LogP contribution in [-0.4, -0.2) is 0 Å². The predicted octanol–water partition coefficient (Wildman–Crippen LogP) is 3.88. The Kier molecular flexibility index (Phi) is 5.10. The number of rotatable bonds is 6. The Morgan fingerprint density at radius 2 is 1.11 bits per heavy atom. The van der Waals surface area contributed by atoms with Gasteiger partial charge in [-0.3, -0.25) is 0 Å². The van der Waals surface area contributed by atoms with Gasteiger partial charge in [-0.05, 0) is 36.1 Å². The van der Waals surface area contributed by atoms with E-state index in [0.29, 0.717) is 13.2 Å². The molecule has 0 saturated carbocycles. The van der Waals surface area contributed by atoms with Crippen molar-refractivity contribution in [2.24, 2.45) is 0 Å². The molecule has 0 atom stereocenters. The summed E-state index contributed by atoms with van der Waals surface area (Å²) in [6, 6.07) is 16.0. The molecule has 19 heavy (non-hydrogen) atoms. The number of hydrogen-bond acceptors (Lipinski definition) is 3. The van der Waals surface area contributed by atoms with Gasteiger partial charge in [0.25, 0.3) is 0 Å². The zero-order valence-corrected chi connectivity index (χ0v) is 11.3. The van der Waals surface area contributed by atoms with Gasteiger partial charge in [-0.1, -0.05) is 53.6 Å². The molecule has 0 aromatic heterocycles. The van der Waals surface area contributed by atoms with Gasteiger partial charge in [0.05, 0.1) is 0 Å². The second-order valence-electron chi connectivity index (χ2n) is 4.45. The van der Waals surface area contributed by atoms with Crippen LogP contribution < -0.4 is 0 Å². The van der Waals surface area contributed by atoms with Crippen molar-refractivity contribution in [3.63, 3.8) is 0 Å². The van der Waals surface area contributed by atoms with Crippen LogP contribution in [0.15, 0.2) is 48.5 Å². The molecule has 2 aromatic rings. The van der Waals surface area contributed by atoms with E-state index < -0.39 is 0 Å². The summed E-state index contributed by atoms with van der Waals surface area (Å²) >= 11 is 0. The number of hydrogen-bond donors (Lipinski definition) is 0. The lowest BCUT2D eigenvalue weighted by Gasteiger charge is -2.07. The first-order valence-electron chi connectivity index (χ1n) is 6.27. The van der Waals surface area contributed by atoms with Crippen molar-refractivity contribution in [3.05, 3.63) is 70.8 Å². The average Bonchev–Trinajstić information content (AvgIpc) is 2.42. The highest BCUT2D eigenvalue weighted by Gasteiger charge is 2.00. The quantitative estimate of drug-likeness (QED) is 0.447. The van der Waals surface area contributed by atoms with E-state index in [9.17, 15) is 0 Å². The fraction of sp³-hybridized carbons (Fsp3) is 0.250. The minimum atomic E-state index is 0.375. The van der Waals surface area contributed by atoms with Crippen LogP contribution in [0.2, 0.25) is 0 Å². The highest BCUT2D eigenvalue weighted by atomic mass is 17.5. The topological polar surface area (TPSA) is 27.7 Å². The van der Waals surface area contributed by atoms with E-state index >= 15 is 0 Å². The fourth-order valence-electron chi connectivity index (χ4n) is 1.75. The Hall–Kier alpha value is -1.68. The SMILES string of the molecule is Cc1ccccc1COOOCc1ccccc1C. The van der Waals surface area contributed by atoms with Crippen molar-refractivity contribution in [3.8, 4) is 0 Å². The van der Waals surface area contributed by atoms with Crippen LogP contribution in [0.25, 0.3) is 0 Å². The zero-order valence-electron chi connectivity index (χ0n) is 11.3.